The SMILES string of the molecule is CCCCCC(=O)NC1=CN(S)NN1c1ccccc1. The highest BCUT2D eigenvalue weighted by atomic mass is 32.1. The Labute approximate surface area is 125 Å². The monoisotopic (exact) mass is 292 g/mol. The largest absolute Gasteiger partial charge is 0.310 e. The molecule has 1 amide bonds. The Morgan fingerprint density at radius 3 is 2.75 bits per heavy atom. The van der Waals surface area contributed by atoms with Crippen molar-refractivity contribution < 1.29 is 4.79 Å². The van der Waals surface area contributed by atoms with Crippen molar-refractivity contribution in [2.24, 2.45) is 0 Å². The highest BCUT2D eigenvalue weighted by Gasteiger charge is 2.21. The lowest BCUT2D eigenvalue weighted by molar-refractivity contribution is -0.120. The summed E-state index contributed by atoms with van der Waals surface area (Å²) >= 11 is 4.22. The zero-order valence-electron chi connectivity index (χ0n) is 11.5. The Morgan fingerprint density at radius 2 is 2.05 bits per heavy atom. The van der Waals surface area contributed by atoms with E-state index in [9.17, 15) is 4.79 Å². The second-order valence-corrected chi connectivity index (χ2v) is 5.07. The van der Waals surface area contributed by atoms with Gasteiger partial charge in [-0.3, -0.25) is 4.79 Å². The summed E-state index contributed by atoms with van der Waals surface area (Å²) in [7, 11) is 0. The van der Waals surface area contributed by atoms with Crippen LogP contribution in [0, 0.1) is 0 Å². The van der Waals surface area contributed by atoms with Gasteiger partial charge in [0.1, 0.15) is 5.82 Å². The van der Waals surface area contributed by atoms with Gasteiger partial charge < -0.3 is 5.32 Å². The zero-order valence-corrected chi connectivity index (χ0v) is 12.4. The first-order valence-electron chi connectivity index (χ1n) is 6.82. The Bertz CT molecular complexity index is 477. The smallest absolute Gasteiger partial charge is 0.225 e. The molecule has 20 heavy (non-hydrogen) atoms. The van der Waals surface area contributed by atoms with E-state index in [1.54, 1.807) is 11.2 Å². The Morgan fingerprint density at radius 1 is 1.30 bits per heavy atom. The summed E-state index contributed by atoms with van der Waals surface area (Å²) in [6.45, 7) is 2.12. The number of unbranched alkanes of at least 4 members (excludes halogenated alkanes) is 2. The quantitative estimate of drug-likeness (QED) is 0.557. The lowest BCUT2D eigenvalue weighted by atomic mass is 10.2. The molecule has 0 aromatic heterocycles. The molecule has 1 aromatic rings. The molecule has 0 unspecified atom stereocenters. The molecule has 0 bridgehead atoms. The fraction of sp³-hybridized carbons (Fsp3) is 0.357. The Hall–Kier alpha value is -1.66. The van der Waals surface area contributed by atoms with Crippen molar-refractivity contribution in [1.29, 1.82) is 0 Å². The van der Waals surface area contributed by atoms with E-state index in [2.05, 4.69) is 30.6 Å². The maximum Gasteiger partial charge on any atom is 0.225 e. The lowest BCUT2D eigenvalue weighted by Gasteiger charge is -2.22. The Kier molecular flexibility index (Phi) is 5.31. The average molecular weight is 292 g/mol. The minimum atomic E-state index is 0.0241. The van der Waals surface area contributed by atoms with Crippen LogP contribution in [0.4, 0.5) is 5.69 Å². The number of thiol groups is 1. The van der Waals surface area contributed by atoms with Crippen molar-refractivity contribution in [3.63, 3.8) is 0 Å². The van der Waals surface area contributed by atoms with Gasteiger partial charge in [-0.25, -0.2) is 9.42 Å². The second-order valence-electron chi connectivity index (χ2n) is 4.64. The van der Waals surface area contributed by atoms with Gasteiger partial charge in [0.25, 0.3) is 0 Å². The molecule has 0 aliphatic carbocycles. The molecule has 0 fully saturated rings. The van der Waals surface area contributed by atoms with Crippen LogP contribution < -0.4 is 15.9 Å². The van der Waals surface area contributed by atoms with E-state index in [4.69, 9.17) is 0 Å². The average Bonchev–Trinajstić information content (AvgIpc) is 2.81. The molecule has 1 heterocycles. The van der Waals surface area contributed by atoms with Crippen molar-refractivity contribution in [3.8, 4) is 0 Å². The van der Waals surface area contributed by atoms with Crippen LogP contribution in [0.25, 0.3) is 0 Å². The predicted octanol–water partition coefficient (Wildman–Crippen LogP) is 2.57. The molecule has 2 rings (SSSR count). The summed E-state index contributed by atoms with van der Waals surface area (Å²) in [5.74, 6) is 0.698. The van der Waals surface area contributed by atoms with Crippen molar-refractivity contribution in [2.45, 2.75) is 32.6 Å². The molecule has 0 saturated carbocycles. The molecule has 108 valence electrons. The number of nitrogens with one attached hydrogen (secondary N) is 2. The number of hydrazine groups is 2. The minimum Gasteiger partial charge on any atom is -0.310 e. The van der Waals surface area contributed by atoms with Crippen LogP contribution in [0.2, 0.25) is 0 Å². The molecule has 1 aliphatic rings. The van der Waals surface area contributed by atoms with Gasteiger partial charge in [-0.15, -0.1) is 5.53 Å². The molecule has 5 nitrogen and oxygen atoms in total. The number of amides is 1. The number of rotatable bonds is 6. The number of carbonyl (C=O) groups is 1. The van der Waals surface area contributed by atoms with Gasteiger partial charge in [-0.05, 0) is 31.4 Å². The van der Waals surface area contributed by atoms with Gasteiger partial charge in [0.15, 0.2) is 0 Å². The van der Waals surface area contributed by atoms with Crippen LogP contribution >= 0.6 is 12.8 Å². The molecule has 0 atom stereocenters. The molecular weight excluding hydrogens is 272 g/mol. The normalized spacial score (nSPS) is 14.4. The maximum absolute atomic E-state index is 11.9. The molecule has 0 radical (unpaired) electrons. The van der Waals surface area contributed by atoms with Crippen LogP contribution in [-0.4, -0.2) is 10.3 Å². The molecular formula is C14H20N4OS. The first-order valence-corrected chi connectivity index (χ1v) is 7.22. The van der Waals surface area contributed by atoms with Crippen LogP contribution in [0.3, 0.4) is 0 Å². The van der Waals surface area contributed by atoms with E-state index >= 15 is 0 Å². The van der Waals surface area contributed by atoms with Gasteiger partial charge in [0.2, 0.25) is 5.91 Å². The van der Waals surface area contributed by atoms with Gasteiger partial charge in [0, 0.05) is 6.42 Å². The van der Waals surface area contributed by atoms with E-state index in [0.717, 1.165) is 24.9 Å². The second kappa shape index (κ2) is 7.21. The van der Waals surface area contributed by atoms with Crippen LogP contribution in [0.15, 0.2) is 42.4 Å². The minimum absolute atomic E-state index is 0.0241. The number of anilines is 1. The predicted molar refractivity (Wildman–Crippen MR) is 83.2 cm³/mol. The number of hydrogen-bond donors (Lipinski definition) is 3. The molecule has 0 spiro atoms. The summed E-state index contributed by atoms with van der Waals surface area (Å²) in [5, 5.41) is 4.69. The third-order valence-electron chi connectivity index (χ3n) is 2.98. The van der Waals surface area contributed by atoms with Crippen molar-refractivity contribution in [1.82, 2.24) is 15.3 Å². The van der Waals surface area contributed by atoms with Gasteiger partial charge >= 0.3 is 0 Å². The van der Waals surface area contributed by atoms with E-state index in [0.29, 0.717) is 12.2 Å². The van der Waals surface area contributed by atoms with E-state index < -0.39 is 0 Å². The number of para-hydroxylation sites is 1. The van der Waals surface area contributed by atoms with Crippen LogP contribution in [0.5, 0.6) is 0 Å². The van der Waals surface area contributed by atoms with Crippen LogP contribution in [0.1, 0.15) is 32.6 Å². The van der Waals surface area contributed by atoms with E-state index in [1.165, 1.54) is 4.41 Å². The fourth-order valence-corrected chi connectivity index (χ4v) is 2.16. The first kappa shape index (κ1) is 14.7. The molecule has 1 aromatic carbocycles. The highest BCUT2D eigenvalue weighted by Crippen LogP contribution is 2.20. The lowest BCUT2D eigenvalue weighted by Crippen LogP contribution is -2.41. The summed E-state index contributed by atoms with van der Waals surface area (Å²) in [6, 6.07) is 9.75. The van der Waals surface area contributed by atoms with Gasteiger partial charge in [-0.2, -0.15) is 0 Å². The van der Waals surface area contributed by atoms with Crippen molar-refractivity contribution >= 4 is 24.4 Å². The summed E-state index contributed by atoms with van der Waals surface area (Å²) < 4.78 is 1.51. The van der Waals surface area contributed by atoms with Crippen molar-refractivity contribution in [3.05, 3.63) is 42.4 Å². The third-order valence-corrected chi connectivity index (χ3v) is 3.18. The summed E-state index contributed by atoms with van der Waals surface area (Å²) in [6.07, 6.45) is 5.37. The first-order chi connectivity index (χ1) is 9.70. The summed E-state index contributed by atoms with van der Waals surface area (Å²) in [5.41, 5.74) is 3.95. The fourth-order valence-electron chi connectivity index (χ4n) is 1.96. The molecule has 6 heteroatoms. The third kappa shape index (κ3) is 3.91. The summed E-state index contributed by atoms with van der Waals surface area (Å²) in [4.78, 5) is 11.9. The van der Waals surface area contributed by atoms with Crippen LogP contribution in [-0.2, 0) is 4.79 Å². The molecule has 2 N–H and O–H groups in total. The molecule has 0 saturated heterocycles. The highest BCUT2D eigenvalue weighted by molar-refractivity contribution is 7.77. The number of nitrogens with zero attached hydrogens (tertiary/aromatic N) is 2. The number of benzene rings is 1. The van der Waals surface area contributed by atoms with E-state index in [-0.39, 0.29) is 5.91 Å². The Balaban J connectivity index is 1.98. The van der Waals surface area contributed by atoms with Gasteiger partial charge in [-0.1, -0.05) is 38.0 Å². The maximum atomic E-state index is 11.9. The zero-order chi connectivity index (χ0) is 14.4. The number of carbonyl (C=O) groups excluding carboxylic acids is 1. The van der Waals surface area contributed by atoms with E-state index in [1.807, 2.05) is 30.3 Å². The van der Waals surface area contributed by atoms with Crippen molar-refractivity contribution in [2.75, 3.05) is 5.01 Å². The number of hydrogen-bond acceptors (Lipinski definition) is 5. The topological polar surface area (TPSA) is 47.6 Å². The molecule has 1 aliphatic heterocycles. The van der Waals surface area contributed by atoms with Gasteiger partial charge in [0.05, 0.1) is 11.9 Å². The standard InChI is InChI=1S/C14H20N4OS/c1-2-3-5-10-14(19)15-13-11-17(20)16-18(13)12-8-6-4-7-9-12/h4,6-9,11,16,20H,2-3,5,10H2,1H3,(H,15,19).